The van der Waals surface area contributed by atoms with Gasteiger partial charge in [-0.2, -0.15) is 0 Å². The monoisotopic (exact) mass is 435 g/mol. The van der Waals surface area contributed by atoms with Gasteiger partial charge in [-0.05, 0) is 42.8 Å². The van der Waals surface area contributed by atoms with Gasteiger partial charge in [0.1, 0.15) is 11.8 Å². The number of nitrogens with zero attached hydrogens (tertiary/aromatic N) is 1. The number of carbonyl (C=O) groups excluding carboxylic acids is 2. The van der Waals surface area contributed by atoms with Crippen LogP contribution in [0, 0.1) is 0 Å². The highest BCUT2D eigenvalue weighted by Gasteiger charge is 2.24. The number of benzene rings is 2. The molecule has 2 amide bonds. The van der Waals surface area contributed by atoms with Gasteiger partial charge in [-0.1, -0.05) is 41.7 Å². The fourth-order valence-corrected chi connectivity index (χ4v) is 4.00. The SMILES string of the molecule is CCOc1ccc2nc(NC(=O)C(Cc3ccccc3)NC(=O)c3ccco3)sc2c1. The third-order valence-electron chi connectivity index (χ3n) is 4.55. The van der Waals surface area contributed by atoms with Gasteiger partial charge in [0.15, 0.2) is 10.9 Å². The van der Waals surface area contributed by atoms with E-state index in [0.29, 0.717) is 18.2 Å². The minimum absolute atomic E-state index is 0.148. The Bertz CT molecular complexity index is 1170. The zero-order valence-corrected chi connectivity index (χ0v) is 17.6. The Kier molecular flexibility index (Phi) is 6.28. The summed E-state index contributed by atoms with van der Waals surface area (Å²) in [6.07, 6.45) is 1.75. The molecule has 7 nitrogen and oxygen atoms in total. The molecule has 0 spiro atoms. The van der Waals surface area contributed by atoms with Crippen LogP contribution in [-0.2, 0) is 11.2 Å². The molecule has 0 saturated carbocycles. The van der Waals surface area contributed by atoms with Gasteiger partial charge in [-0.15, -0.1) is 0 Å². The molecule has 0 radical (unpaired) electrons. The largest absolute Gasteiger partial charge is 0.494 e. The summed E-state index contributed by atoms with van der Waals surface area (Å²) in [6, 6.07) is 17.5. The van der Waals surface area contributed by atoms with E-state index in [1.54, 1.807) is 12.1 Å². The molecule has 2 heterocycles. The number of furan rings is 1. The maximum absolute atomic E-state index is 13.1. The van der Waals surface area contributed by atoms with Gasteiger partial charge in [0.2, 0.25) is 5.91 Å². The molecule has 158 valence electrons. The number of anilines is 1. The lowest BCUT2D eigenvalue weighted by Gasteiger charge is -2.17. The molecule has 0 bridgehead atoms. The number of carbonyl (C=O) groups is 2. The average molecular weight is 436 g/mol. The van der Waals surface area contributed by atoms with Crippen molar-refractivity contribution in [3.63, 3.8) is 0 Å². The molecule has 0 aliphatic carbocycles. The van der Waals surface area contributed by atoms with Crippen molar-refractivity contribution >= 4 is 38.5 Å². The maximum Gasteiger partial charge on any atom is 0.287 e. The Morgan fingerprint density at radius 2 is 1.97 bits per heavy atom. The van der Waals surface area contributed by atoms with E-state index in [4.69, 9.17) is 9.15 Å². The summed E-state index contributed by atoms with van der Waals surface area (Å²) in [5.74, 6) is 0.0954. The Hall–Kier alpha value is -3.65. The number of amides is 2. The van der Waals surface area contributed by atoms with Gasteiger partial charge >= 0.3 is 0 Å². The molecule has 1 unspecified atom stereocenters. The first-order valence-electron chi connectivity index (χ1n) is 9.85. The van der Waals surface area contributed by atoms with Crippen molar-refractivity contribution in [1.82, 2.24) is 10.3 Å². The molecule has 4 rings (SSSR count). The Morgan fingerprint density at radius 3 is 2.71 bits per heavy atom. The summed E-state index contributed by atoms with van der Waals surface area (Å²) >= 11 is 1.35. The summed E-state index contributed by atoms with van der Waals surface area (Å²) in [7, 11) is 0. The van der Waals surface area contributed by atoms with Crippen LogP contribution in [0.5, 0.6) is 5.75 Å². The molecule has 0 fully saturated rings. The Balaban J connectivity index is 1.53. The second-order valence-corrected chi connectivity index (χ2v) is 7.79. The van der Waals surface area contributed by atoms with Crippen LogP contribution in [0.4, 0.5) is 5.13 Å². The minimum Gasteiger partial charge on any atom is -0.494 e. The van der Waals surface area contributed by atoms with E-state index >= 15 is 0 Å². The first-order chi connectivity index (χ1) is 15.1. The van der Waals surface area contributed by atoms with Crippen molar-refractivity contribution in [1.29, 1.82) is 0 Å². The summed E-state index contributed by atoms with van der Waals surface area (Å²) in [4.78, 5) is 30.0. The van der Waals surface area contributed by atoms with Crippen molar-refractivity contribution in [2.24, 2.45) is 0 Å². The average Bonchev–Trinajstić information content (AvgIpc) is 3.43. The number of rotatable bonds is 8. The third-order valence-corrected chi connectivity index (χ3v) is 5.48. The molecule has 0 saturated heterocycles. The van der Waals surface area contributed by atoms with E-state index < -0.39 is 11.9 Å². The summed E-state index contributed by atoms with van der Waals surface area (Å²) < 4.78 is 11.6. The maximum atomic E-state index is 13.1. The van der Waals surface area contributed by atoms with E-state index in [0.717, 1.165) is 21.5 Å². The van der Waals surface area contributed by atoms with Crippen molar-refractivity contribution < 1.29 is 18.7 Å². The first-order valence-corrected chi connectivity index (χ1v) is 10.7. The highest BCUT2D eigenvalue weighted by molar-refractivity contribution is 7.22. The smallest absolute Gasteiger partial charge is 0.287 e. The molecule has 2 aromatic carbocycles. The highest BCUT2D eigenvalue weighted by Crippen LogP contribution is 2.29. The molecule has 8 heteroatoms. The zero-order valence-electron chi connectivity index (χ0n) is 16.8. The van der Waals surface area contributed by atoms with Gasteiger partial charge in [0, 0.05) is 6.42 Å². The molecule has 4 aromatic rings. The lowest BCUT2D eigenvalue weighted by atomic mass is 10.1. The molecule has 31 heavy (non-hydrogen) atoms. The first kappa shape index (κ1) is 20.6. The predicted octanol–water partition coefficient (Wildman–Crippen LogP) is 4.27. The normalized spacial score (nSPS) is 11.8. The van der Waals surface area contributed by atoms with Crippen molar-refractivity contribution in [3.8, 4) is 5.75 Å². The van der Waals surface area contributed by atoms with Gasteiger partial charge < -0.3 is 19.8 Å². The van der Waals surface area contributed by atoms with E-state index in [9.17, 15) is 9.59 Å². The fourth-order valence-electron chi connectivity index (χ4n) is 3.10. The summed E-state index contributed by atoms with van der Waals surface area (Å²) in [5, 5.41) is 6.05. The van der Waals surface area contributed by atoms with E-state index in [1.165, 1.54) is 17.6 Å². The number of nitrogens with one attached hydrogen (secondary N) is 2. The molecule has 2 aromatic heterocycles. The Labute approximate surface area is 183 Å². The number of hydrogen-bond donors (Lipinski definition) is 2. The Morgan fingerprint density at radius 1 is 1.13 bits per heavy atom. The predicted molar refractivity (Wildman–Crippen MR) is 120 cm³/mol. The number of ether oxygens (including phenoxy) is 1. The number of fused-ring (bicyclic) bond motifs is 1. The van der Waals surface area contributed by atoms with Crippen molar-refractivity contribution in [2.75, 3.05) is 11.9 Å². The minimum atomic E-state index is -0.800. The van der Waals surface area contributed by atoms with Crippen LogP contribution in [0.25, 0.3) is 10.2 Å². The second kappa shape index (κ2) is 9.44. The van der Waals surface area contributed by atoms with Gasteiger partial charge in [0.25, 0.3) is 5.91 Å². The van der Waals surface area contributed by atoms with Gasteiger partial charge in [0.05, 0.1) is 23.1 Å². The second-order valence-electron chi connectivity index (χ2n) is 6.76. The van der Waals surface area contributed by atoms with Crippen LogP contribution >= 0.6 is 11.3 Å². The van der Waals surface area contributed by atoms with E-state index in [2.05, 4.69) is 15.6 Å². The topological polar surface area (TPSA) is 93.5 Å². The molecule has 2 N–H and O–H groups in total. The van der Waals surface area contributed by atoms with Crippen LogP contribution in [0.3, 0.4) is 0 Å². The van der Waals surface area contributed by atoms with Crippen LogP contribution in [-0.4, -0.2) is 29.4 Å². The standard InChI is InChI=1S/C23H21N3O4S/c1-2-29-16-10-11-17-20(14-16)31-23(25-17)26-21(27)18(13-15-7-4-3-5-8-15)24-22(28)19-9-6-12-30-19/h3-12,14,18H,2,13H2,1H3,(H,24,28)(H,25,26,27). The van der Waals surface area contributed by atoms with Gasteiger partial charge in [-0.25, -0.2) is 4.98 Å². The van der Waals surface area contributed by atoms with E-state index in [-0.39, 0.29) is 11.7 Å². The molecule has 0 aliphatic heterocycles. The number of hydrogen-bond acceptors (Lipinski definition) is 6. The van der Waals surface area contributed by atoms with Crippen LogP contribution in [0.1, 0.15) is 23.0 Å². The fraction of sp³-hybridized carbons (Fsp3) is 0.174. The van der Waals surface area contributed by atoms with Crippen LogP contribution in [0.15, 0.2) is 71.3 Å². The lowest BCUT2D eigenvalue weighted by molar-refractivity contribution is -0.118. The summed E-state index contributed by atoms with van der Waals surface area (Å²) in [6.45, 7) is 2.50. The molecule has 1 atom stereocenters. The quantitative estimate of drug-likeness (QED) is 0.431. The van der Waals surface area contributed by atoms with Crippen molar-refractivity contribution in [3.05, 3.63) is 78.3 Å². The number of aromatic nitrogens is 1. The zero-order chi connectivity index (χ0) is 21.6. The number of thiazole rings is 1. The van der Waals surface area contributed by atoms with Gasteiger partial charge in [-0.3, -0.25) is 9.59 Å². The van der Waals surface area contributed by atoms with Crippen LogP contribution < -0.4 is 15.4 Å². The molecular formula is C23H21N3O4S. The van der Waals surface area contributed by atoms with Crippen LogP contribution in [0.2, 0.25) is 0 Å². The molecular weight excluding hydrogens is 414 g/mol. The van der Waals surface area contributed by atoms with E-state index in [1.807, 2.05) is 55.5 Å². The highest BCUT2D eigenvalue weighted by atomic mass is 32.1. The molecule has 0 aliphatic rings. The third kappa shape index (κ3) is 5.10. The summed E-state index contributed by atoms with van der Waals surface area (Å²) in [5.41, 5.74) is 1.69. The van der Waals surface area contributed by atoms with Crippen molar-refractivity contribution in [2.45, 2.75) is 19.4 Å². The lowest BCUT2D eigenvalue weighted by Crippen LogP contribution is -2.45.